The van der Waals surface area contributed by atoms with Crippen molar-refractivity contribution in [2.75, 3.05) is 0 Å². The number of halogens is 4. The molecule has 0 spiro atoms. The molecular weight excluding hydrogens is 433 g/mol. The maximum absolute atomic E-state index is 13.1. The zero-order chi connectivity index (χ0) is 23.6. The van der Waals surface area contributed by atoms with Crippen LogP contribution in [0.25, 0.3) is 6.08 Å². The third-order valence-electron chi connectivity index (χ3n) is 5.09. The molecule has 1 aliphatic rings. The fourth-order valence-electron chi connectivity index (χ4n) is 3.34. The Balaban J connectivity index is 2.50. The lowest BCUT2D eigenvalue weighted by Gasteiger charge is -2.44. The predicted molar refractivity (Wildman–Crippen MR) is 112 cm³/mol. The number of aliphatic hydroxyl groups is 1. The summed E-state index contributed by atoms with van der Waals surface area (Å²) in [5.41, 5.74) is -2.88. The topological polar surface area (TPSA) is 74.6 Å². The number of aliphatic carboxylic acids is 1. The molecule has 1 aromatic carbocycles. The van der Waals surface area contributed by atoms with Crippen LogP contribution in [0.2, 0.25) is 5.02 Å². The van der Waals surface area contributed by atoms with Crippen molar-refractivity contribution in [3.05, 3.63) is 75.9 Å². The van der Waals surface area contributed by atoms with E-state index in [1.165, 1.54) is 36.4 Å². The van der Waals surface area contributed by atoms with E-state index in [0.717, 1.165) is 18.2 Å². The summed E-state index contributed by atoms with van der Waals surface area (Å²) >= 11 is 5.64. The molecule has 0 saturated heterocycles. The Morgan fingerprint density at radius 3 is 2.45 bits per heavy atom. The van der Waals surface area contributed by atoms with E-state index in [1.807, 2.05) is 0 Å². The van der Waals surface area contributed by atoms with Crippen LogP contribution >= 0.6 is 11.6 Å². The zero-order valence-corrected chi connectivity index (χ0v) is 17.9. The number of ketones is 1. The van der Waals surface area contributed by atoms with E-state index in [1.54, 1.807) is 20.8 Å². The molecule has 0 aromatic heterocycles. The molecule has 0 saturated carbocycles. The van der Waals surface area contributed by atoms with Crippen LogP contribution in [0.4, 0.5) is 13.2 Å². The summed E-state index contributed by atoms with van der Waals surface area (Å²) in [7, 11) is 0. The standard InChI is InChI=1S/C23H22ClF3O4/c1-14(10-20(29)30)8-9-22(31)16(12-17(28)13-21(22,2)3)6-4-15-5-7-19(24)18(11-15)23(25,26)27/h4-12,31H,13H2,1-3H3,(H,29,30)/b6-4+,9-8+,14-10-/t22-/m1/s1. The van der Waals surface area contributed by atoms with Gasteiger partial charge in [-0.25, -0.2) is 4.79 Å². The van der Waals surface area contributed by atoms with Crippen molar-refractivity contribution in [3.63, 3.8) is 0 Å². The fraction of sp³-hybridized carbons (Fsp3) is 0.304. The third-order valence-corrected chi connectivity index (χ3v) is 5.42. The van der Waals surface area contributed by atoms with Crippen molar-refractivity contribution in [2.45, 2.75) is 39.0 Å². The molecule has 8 heteroatoms. The Bertz CT molecular complexity index is 1020. The second-order valence-corrected chi connectivity index (χ2v) is 8.43. The van der Waals surface area contributed by atoms with Crippen LogP contribution in [0.1, 0.15) is 38.3 Å². The smallest absolute Gasteiger partial charge is 0.417 e. The largest absolute Gasteiger partial charge is 0.478 e. The average Bonchev–Trinajstić information content (AvgIpc) is 2.61. The maximum atomic E-state index is 13.1. The Hall–Kier alpha value is -2.64. The molecular formula is C23H22ClF3O4. The molecule has 0 aliphatic heterocycles. The number of allylic oxidation sites excluding steroid dienone is 3. The van der Waals surface area contributed by atoms with Crippen LogP contribution in [0.3, 0.4) is 0 Å². The first-order chi connectivity index (χ1) is 14.2. The molecule has 0 heterocycles. The summed E-state index contributed by atoms with van der Waals surface area (Å²) in [6, 6.07) is 3.39. The molecule has 0 radical (unpaired) electrons. The van der Waals surface area contributed by atoms with E-state index in [9.17, 15) is 27.9 Å². The van der Waals surface area contributed by atoms with Crippen LogP contribution in [0.15, 0.2) is 59.7 Å². The number of carboxylic acid groups (broad SMARTS) is 1. The van der Waals surface area contributed by atoms with Crippen LogP contribution in [-0.4, -0.2) is 27.6 Å². The van der Waals surface area contributed by atoms with Gasteiger partial charge in [-0.2, -0.15) is 13.2 Å². The van der Waals surface area contributed by atoms with Crippen molar-refractivity contribution >= 4 is 29.4 Å². The lowest BCUT2D eigenvalue weighted by molar-refractivity contribution is -0.137. The van der Waals surface area contributed by atoms with E-state index in [0.29, 0.717) is 5.57 Å². The van der Waals surface area contributed by atoms with Gasteiger partial charge in [-0.05, 0) is 47.9 Å². The molecule has 166 valence electrons. The van der Waals surface area contributed by atoms with Gasteiger partial charge in [0.2, 0.25) is 0 Å². The molecule has 2 rings (SSSR count). The van der Waals surface area contributed by atoms with Gasteiger partial charge in [0.25, 0.3) is 0 Å². The predicted octanol–water partition coefficient (Wildman–Crippen LogP) is 5.62. The van der Waals surface area contributed by atoms with Crippen molar-refractivity contribution in [1.29, 1.82) is 0 Å². The molecule has 31 heavy (non-hydrogen) atoms. The van der Waals surface area contributed by atoms with Gasteiger partial charge in [-0.15, -0.1) is 0 Å². The van der Waals surface area contributed by atoms with Crippen molar-refractivity contribution < 1.29 is 33.0 Å². The minimum absolute atomic E-state index is 0.0338. The molecule has 0 amide bonds. The first-order valence-electron chi connectivity index (χ1n) is 9.28. The van der Waals surface area contributed by atoms with Crippen molar-refractivity contribution in [3.8, 4) is 0 Å². The molecule has 4 nitrogen and oxygen atoms in total. The van der Waals surface area contributed by atoms with Gasteiger partial charge in [0.15, 0.2) is 5.78 Å². The number of hydrogen-bond acceptors (Lipinski definition) is 3. The first kappa shape index (κ1) is 24.6. The maximum Gasteiger partial charge on any atom is 0.417 e. The highest BCUT2D eigenvalue weighted by Gasteiger charge is 2.47. The van der Waals surface area contributed by atoms with Crippen LogP contribution in [-0.2, 0) is 15.8 Å². The lowest BCUT2D eigenvalue weighted by Crippen LogP contribution is -2.48. The van der Waals surface area contributed by atoms with Gasteiger partial charge in [0.1, 0.15) is 5.60 Å². The summed E-state index contributed by atoms with van der Waals surface area (Å²) in [6.07, 6.45) is 3.17. The number of carbonyl (C=O) groups excluding carboxylic acids is 1. The normalized spacial score (nSPS) is 22.3. The van der Waals surface area contributed by atoms with Crippen molar-refractivity contribution in [2.24, 2.45) is 5.41 Å². The Morgan fingerprint density at radius 1 is 1.23 bits per heavy atom. The van der Waals surface area contributed by atoms with Gasteiger partial charge in [0.05, 0.1) is 10.6 Å². The fourth-order valence-corrected chi connectivity index (χ4v) is 3.56. The van der Waals surface area contributed by atoms with E-state index in [2.05, 4.69) is 0 Å². The van der Waals surface area contributed by atoms with Crippen LogP contribution in [0, 0.1) is 5.41 Å². The van der Waals surface area contributed by atoms with Gasteiger partial charge in [0, 0.05) is 17.9 Å². The first-order valence-corrected chi connectivity index (χ1v) is 9.66. The molecule has 1 atom stereocenters. The monoisotopic (exact) mass is 454 g/mol. The summed E-state index contributed by atoms with van der Waals surface area (Å²) < 4.78 is 39.3. The highest BCUT2D eigenvalue weighted by atomic mass is 35.5. The SMILES string of the molecule is CC(=C/C(=O)O)/C=C/[C@@]1(O)C(/C=C/c2ccc(Cl)c(C(F)(F)F)c2)=CC(=O)CC1(C)C. The minimum atomic E-state index is -4.62. The second-order valence-electron chi connectivity index (χ2n) is 8.02. The molecule has 1 aromatic rings. The lowest BCUT2D eigenvalue weighted by atomic mass is 9.64. The summed E-state index contributed by atoms with van der Waals surface area (Å²) in [6.45, 7) is 4.90. The van der Waals surface area contributed by atoms with E-state index in [-0.39, 0.29) is 23.3 Å². The number of carbonyl (C=O) groups is 2. The highest BCUT2D eigenvalue weighted by Crippen LogP contribution is 2.45. The Morgan fingerprint density at radius 2 is 1.87 bits per heavy atom. The molecule has 2 N–H and O–H groups in total. The number of carboxylic acids is 1. The van der Waals surface area contributed by atoms with Crippen LogP contribution < -0.4 is 0 Å². The Kier molecular flexibility index (Phi) is 7.03. The Labute approximate surface area is 183 Å². The number of hydrogen-bond donors (Lipinski definition) is 2. The summed E-state index contributed by atoms with van der Waals surface area (Å²) in [5.74, 6) is -1.39. The number of benzene rings is 1. The van der Waals surface area contributed by atoms with E-state index >= 15 is 0 Å². The minimum Gasteiger partial charge on any atom is -0.478 e. The average molecular weight is 455 g/mol. The van der Waals surface area contributed by atoms with Gasteiger partial charge in [-0.1, -0.05) is 49.7 Å². The van der Waals surface area contributed by atoms with E-state index < -0.39 is 33.7 Å². The molecule has 0 fully saturated rings. The highest BCUT2D eigenvalue weighted by molar-refractivity contribution is 6.31. The molecule has 1 aliphatic carbocycles. The van der Waals surface area contributed by atoms with Gasteiger partial charge < -0.3 is 10.2 Å². The summed E-state index contributed by atoms with van der Waals surface area (Å²) in [4.78, 5) is 23.0. The van der Waals surface area contributed by atoms with Crippen molar-refractivity contribution in [1.82, 2.24) is 0 Å². The van der Waals surface area contributed by atoms with E-state index in [4.69, 9.17) is 16.7 Å². The van der Waals surface area contributed by atoms with Gasteiger partial charge in [-0.3, -0.25) is 4.79 Å². The number of rotatable bonds is 5. The molecule has 0 unspecified atom stereocenters. The third kappa shape index (κ3) is 5.74. The van der Waals surface area contributed by atoms with Crippen LogP contribution in [0.5, 0.6) is 0 Å². The number of alkyl halides is 3. The zero-order valence-electron chi connectivity index (χ0n) is 17.1. The second kappa shape index (κ2) is 8.85. The quantitative estimate of drug-likeness (QED) is 0.447. The molecule has 0 bridgehead atoms. The van der Waals surface area contributed by atoms with Gasteiger partial charge >= 0.3 is 12.1 Å². The summed E-state index contributed by atoms with van der Waals surface area (Å²) in [5, 5.41) is 19.9.